The summed E-state index contributed by atoms with van der Waals surface area (Å²) in [6.07, 6.45) is 1.97. The highest BCUT2D eigenvalue weighted by Gasteiger charge is 2.30. The number of nitrogens with one attached hydrogen (secondary N) is 1. The molecule has 1 atom stereocenters. The molecule has 0 saturated carbocycles. The van der Waals surface area contributed by atoms with Gasteiger partial charge in [-0.05, 0) is 61.9 Å². The summed E-state index contributed by atoms with van der Waals surface area (Å²) < 4.78 is 28.5. The van der Waals surface area contributed by atoms with Crippen LogP contribution in [0.1, 0.15) is 34.2 Å². The van der Waals surface area contributed by atoms with Gasteiger partial charge in [-0.25, -0.2) is 13.8 Å². The number of carbonyl (C=O) groups is 1. The lowest BCUT2D eigenvalue weighted by Crippen LogP contribution is -2.30. The lowest BCUT2D eigenvalue weighted by atomic mass is 10.0. The van der Waals surface area contributed by atoms with Crippen LogP contribution in [0.25, 0.3) is 10.9 Å². The van der Waals surface area contributed by atoms with Gasteiger partial charge in [0.15, 0.2) is 0 Å². The van der Waals surface area contributed by atoms with Crippen molar-refractivity contribution in [2.24, 2.45) is 7.05 Å². The van der Waals surface area contributed by atoms with E-state index in [0.29, 0.717) is 30.0 Å². The summed E-state index contributed by atoms with van der Waals surface area (Å²) in [7, 11) is 1.82. The van der Waals surface area contributed by atoms with E-state index in [1.165, 1.54) is 24.4 Å². The molecule has 4 aromatic rings. The number of hydrogen-bond acceptors (Lipinski definition) is 4. The average molecular weight is 447 g/mol. The largest absolute Gasteiger partial charge is 0.340 e. The topological polar surface area (TPSA) is 63.1 Å². The summed E-state index contributed by atoms with van der Waals surface area (Å²) in [5, 5.41) is 3.90. The maximum Gasteiger partial charge on any atom is 0.270 e. The number of halogens is 2. The number of pyridine rings is 2. The molecule has 1 N–H and O–H groups in total. The Labute approximate surface area is 189 Å². The fourth-order valence-electron chi connectivity index (χ4n) is 4.45. The number of anilines is 2. The molecular weight excluding hydrogens is 424 g/mol. The Hall–Kier alpha value is -3.81. The molecular formula is C25H23F2N5O. The monoisotopic (exact) mass is 447 g/mol. The molecule has 0 spiro atoms. The summed E-state index contributed by atoms with van der Waals surface area (Å²) in [5.41, 5.74) is 3.92. The van der Waals surface area contributed by atoms with Gasteiger partial charge >= 0.3 is 0 Å². The van der Waals surface area contributed by atoms with Gasteiger partial charge in [-0.2, -0.15) is 0 Å². The lowest BCUT2D eigenvalue weighted by Gasteiger charge is -2.17. The van der Waals surface area contributed by atoms with Crippen molar-refractivity contribution in [1.29, 1.82) is 0 Å². The normalized spacial score (nSPS) is 15.9. The van der Waals surface area contributed by atoms with Crippen LogP contribution in [-0.4, -0.2) is 38.4 Å². The van der Waals surface area contributed by atoms with Crippen molar-refractivity contribution in [3.63, 3.8) is 0 Å². The molecule has 1 unspecified atom stereocenters. The maximum atomic E-state index is 13.6. The van der Waals surface area contributed by atoms with E-state index in [1.807, 2.05) is 35.6 Å². The van der Waals surface area contributed by atoms with Gasteiger partial charge in [0, 0.05) is 54.0 Å². The minimum Gasteiger partial charge on any atom is -0.340 e. The van der Waals surface area contributed by atoms with E-state index in [2.05, 4.69) is 10.3 Å². The SMILES string of the molecule is Cc1cc(Nc2ccc(F)cn2)cc(C2CCN(C(=O)c3cc4cc(F)ccc4n3C)C2)n1. The molecule has 8 heteroatoms. The standard InChI is InChI=1S/C25H23F2N5O/c1-15-9-20(30-24-6-4-19(27)13-28-24)12-21(29-15)16-7-8-32(14-16)25(33)23-11-17-10-18(26)3-5-22(17)31(23)2/h3-6,9-13,16H,7-8,14H2,1-2H3,(H,28,29,30). The minimum absolute atomic E-state index is 0.0712. The smallest absolute Gasteiger partial charge is 0.270 e. The first-order valence-corrected chi connectivity index (χ1v) is 10.8. The van der Waals surface area contributed by atoms with Crippen LogP contribution < -0.4 is 5.32 Å². The number of aromatic nitrogens is 3. The van der Waals surface area contributed by atoms with E-state index >= 15 is 0 Å². The van der Waals surface area contributed by atoms with Gasteiger partial charge in [0.2, 0.25) is 0 Å². The first-order chi connectivity index (χ1) is 15.9. The summed E-state index contributed by atoms with van der Waals surface area (Å²) >= 11 is 0. The molecule has 1 amide bonds. The van der Waals surface area contributed by atoms with Crippen LogP contribution in [0.15, 0.2) is 54.7 Å². The Morgan fingerprint density at radius 2 is 1.91 bits per heavy atom. The van der Waals surface area contributed by atoms with E-state index in [4.69, 9.17) is 4.98 Å². The van der Waals surface area contributed by atoms with Crippen molar-refractivity contribution in [3.8, 4) is 0 Å². The van der Waals surface area contributed by atoms with Gasteiger partial charge in [0.05, 0.1) is 6.20 Å². The van der Waals surface area contributed by atoms with Gasteiger partial charge in [0.25, 0.3) is 5.91 Å². The van der Waals surface area contributed by atoms with Gasteiger partial charge in [-0.15, -0.1) is 0 Å². The molecule has 1 aliphatic heterocycles. The number of rotatable bonds is 4. The second-order valence-corrected chi connectivity index (χ2v) is 8.44. The molecule has 4 heterocycles. The Kier molecular flexibility index (Phi) is 5.28. The number of fused-ring (bicyclic) bond motifs is 1. The Morgan fingerprint density at radius 1 is 1.09 bits per heavy atom. The zero-order valence-electron chi connectivity index (χ0n) is 18.3. The first-order valence-electron chi connectivity index (χ1n) is 10.8. The van der Waals surface area contributed by atoms with Crippen LogP contribution in [0.2, 0.25) is 0 Å². The molecule has 33 heavy (non-hydrogen) atoms. The summed E-state index contributed by atoms with van der Waals surface area (Å²) in [5.74, 6) is -0.137. The average Bonchev–Trinajstić information content (AvgIpc) is 3.40. The zero-order valence-corrected chi connectivity index (χ0v) is 18.3. The lowest BCUT2D eigenvalue weighted by molar-refractivity contribution is 0.0781. The van der Waals surface area contributed by atoms with Crippen molar-refractivity contribution < 1.29 is 13.6 Å². The molecule has 1 aromatic carbocycles. The molecule has 0 radical (unpaired) electrons. The van der Waals surface area contributed by atoms with Crippen molar-refractivity contribution in [1.82, 2.24) is 19.4 Å². The van der Waals surface area contributed by atoms with Crippen LogP contribution in [-0.2, 0) is 7.05 Å². The highest BCUT2D eigenvalue weighted by Crippen LogP contribution is 2.30. The van der Waals surface area contributed by atoms with Crippen molar-refractivity contribution in [3.05, 3.63) is 83.4 Å². The molecule has 0 bridgehead atoms. The van der Waals surface area contributed by atoms with Gasteiger partial charge in [0.1, 0.15) is 23.1 Å². The van der Waals surface area contributed by atoms with E-state index in [1.54, 1.807) is 18.2 Å². The third kappa shape index (κ3) is 4.16. The fraction of sp³-hybridized carbons (Fsp3) is 0.240. The van der Waals surface area contributed by atoms with Gasteiger partial charge < -0.3 is 14.8 Å². The molecule has 0 aliphatic carbocycles. The van der Waals surface area contributed by atoms with Crippen LogP contribution in [0.4, 0.5) is 20.3 Å². The van der Waals surface area contributed by atoms with E-state index in [9.17, 15) is 13.6 Å². The number of hydrogen-bond donors (Lipinski definition) is 1. The Morgan fingerprint density at radius 3 is 2.70 bits per heavy atom. The molecule has 1 saturated heterocycles. The third-order valence-electron chi connectivity index (χ3n) is 6.09. The third-order valence-corrected chi connectivity index (χ3v) is 6.09. The van der Waals surface area contributed by atoms with Crippen molar-refractivity contribution >= 4 is 28.3 Å². The maximum absolute atomic E-state index is 13.6. The highest BCUT2D eigenvalue weighted by atomic mass is 19.1. The fourth-order valence-corrected chi connectivity index (χ4v) is 4.45. The van der Waals surface area contributed by atoms with Crippen LogP contribution >= 0.6 is 0 Å². The number of nitrogens with zero attached hydrogens (tertiary/aromatic N) is 4. The van der Waals surface area contributed by atoms with Crippen LogP contribution in [0.3, 0.4) is 0 Å². The second kappa shape index (κ2) is 8.27. The van der Waals surface area contributed by atoms with E-state index in [-0.39, 0.29) is 23.5 Å². The van der Waals surface area contributed by atoms with Crippen LogP contribution in [0.5, 0.6) is 0 Å². The number of amides is 1. The summed E-state index contributed by atoms with van der Waals surface area (Å²) in [6.45, 7) is 3.09. The molecule has 1 fully saturated rings. The number of benzene rings is 1. The predicted molar refractivity (Wildman–Crippen MR) is 123 cm³/mol. The second-order valence-electron chi connectivity index (χ2n) is 8.44. The molecule has 6 nitrogen and oxygen atoms in total. The number of carbonyl (C=O) groups excluding carboxylic acids is 1. The summed E-state index contributed by atoms with van der Waals surface area (Å²) in [4.78, 5) is 23.8. The molecule has 5 rings (SSSR count). The number of aryl methyl sites for hydroxylation is 2. The van der Waals surface area contributed by atoms with E-state index in [0.717, 1.165) is 29.0 Å². The predicted octanol–water partition coefficient (Wildman–Crippen LogP) is 4.93. The minimum atomic E-state index is -0.390. The van der Waals surface area contributed by atoms with Crippen molar-refractivity contribution in [2.45, 2.75) is 19.3 Å². The summed E-state index contributed by atoms with van der Waals surface area (Å²) in [6, 6.07) is 13.1. The van der Waals surface area contributed by atoms with Crippen LogP contribution in [0, 0.1) is 18.6 Å². The first kappa shape index (κ1) is 21.1. The van der Waals surface area contributed by atoms with Crippen molar-refractivity contribution in [2.75, 3.05) is 18.4 Å². The molecule has 168 valence electrons. The zero-order chi connectivity index (χ0) is 23.1. The Balaban J connectivity index is 1.34. The Bertz CT molecular complexity index is 1350. The van der Waals surface area contributed by atoms with Gasteiger partial charge in [-0.3, -0.25) is 9.78 Å². The van der Waals surface area contributed by atoms with Gasteiger partial charge in [-0.1, -0.05) is 0 Å². The van der Waals surface area contributed by atoms with E-state index < -0.39 is 0 Å². The highest BCUT2D eigenvalue weighted by molar-refractivity contribution is 5.98. The molecule has 1 aliphatic rings. The number of likely N-dealkylation sites (tertiary alicyclic amines) is 1. The molecule has 3 aromatic heterocycles. The quantitative estimate of drug-likeness (QED) is 0.482.